The lowest BCUT2D eigenvalue weighted by molar-refractivity contribution is -0.170. The summed E-state index contributed by atoms with van der Waals surface area (Å²) < 4.78 is 12.2. The molecule has 0 bridgehead atoms. The minimum Gasteiger partial charge on any atom is -0.379 e. The summed E-state index contributed by atoms with van der Waals surface area (Å²) in [5, 5.41) is 14.2. The zero-order chi connectivity index (χ0) is 25.1. The van der Waals surface area contributed by atoms with Gasteiger partial charge in [-0.25, -0.2) is 0 Å². The van der Waals surface area contributed by atoms with E-state index >= 15 is 0 Å². The van der Waals surface area contributed by atoms with Crippen molar-refractivity contribution in [2.24, 2.45) is 11.8 Å². The Morgan fingerprint density at radius 1 is 1.17 bits per heavy atom. The van der Waals surface area contributed by atoms with Gasteiger partial charge in [0.05, 0.1) is 37.3 Å². The molecule has 11 heteroatoms. The van der Waals surface area contributed by atoms with Crippen molar-refractivity contribution < 1.29 is 19.1 Å². The van der Waals surface area contributed by atoms with E-state index < -0.39 is 0 Å². The van der Waals surface area contributed by atoms with E-state index in [9.17, 15) is 9.59 Å². The summed E-state index contributed by atoms with van der Waals surface area (Å²) in [6, 6.07) is 0.466. The van der Waals surface area contributed by atoms with Gasteiger partial charge in [-0.2, -0.15) is 0 Å². The normalized spacial score (nSPS) is 40.1. The standard InChI is InChI=1S/C25H44N6O4S/c1-30(2)21(33)14-27-20-7-8-26-25(29-20)28-17-5-3-16(4-6-17)18-15-36-24-19(32)13-22(35-23(18)24)31-9-11-34-12-10-31/h16-18,20,22-29H,3-15H2,1-2H3. The van der Waals surface area contributed by atoms with Gasteiger partial charge in [0.15, 0.2) is 5.78 Å². The van der Waals surface area contributed by atoms with Crippen LogP contribution in [0.2, 0.25) is 0 Å². The number of nitrogens with zero attached hydrogens (tertiary/aromatic N) is 2. The molecule has 0 radical (unpaired) electrons. The highest BCUT2D eigenvalue weighted by Crippen LogP contribution is 2.46. The van der Waals surface area contributed by atoms with E-state index in [4.69, 9.17) is 9.47 Å². The smallest absolute Gasteiger partial charge is 0.236 e. The fraction of sp³-hybridized carbons (Fsp3) is 0.920. The van der Waals surface area contributed by atoms with E-state index in [-0.39, 0.29) is 35.9 Å². The number of amides is 1. The van der Waals surface area contributed by atoms with Crippen molar-refractivity contribution in [3.05, 3.63) is 0 Å². The summed E-state index contributed by atoms with van der Waals surface area (Å²) in [5.41, 5.74) is 0. The molecule has 5 rings (SSSR count). The number of morpholine rings is 1. The Labute approximate surface area is 219 Å². The highest BCUT2D eigenvalue weighted by atomic mass is 32.2. The van der Waals surface area contributed by atoms with Gasteiger partial charge in [-0.1, -0.05) is 0 Å². The first-order chi connectivity index (χ1) is 17.5. The fourth-order valence-corrected chi connectivity index (χ4v) is 8.01. The number of likely N-dealkylation sites (N-methyl/N-ethyl adjacent to an activating group) is 1. The van der Waals surface area contributed by atoms with Gasteiger partial charge < -0.3 is 14.4 Å². The number of thioether (sulfide) groups is 1. The molecule has 4 N–H and O–H groups in total. The molecule has 4 aliphatic heterocycles. The van der Waals surface area contributed by atoms with Crippen LogP contribution in [0.4, 0.5) is 0 Å². The molecule has 5 fully saturated rings. The van der Waals surface area contributed by atoms with Gasteiger partial charge in [0.25, 0.3) is 0 Å². The molecule has 0 aromatic rings. The van der Waals surface area contributed by atoms with Crippen molar-refractivity contribution in [3.63, 3.8) is 0 Å². The predicted molar refractivity (Wildman–Crippen MR) is 139 cm³/mol. The molecule has 36 heavy (non-hydrogen) atoms. The summed E-state index contributed by atoms with van der Waals surface area (Å²) in [5.74, 6) is 2.62. The van der Waals surface area contributed by atoms with Crippen LogP contribution in [0.5, 0.6) is 0 Å². The van der Waals surface area contributed by atoms with Crippen LogP contribution in [0.1, 0.15) is 38.5 Å². The number of carbonyl (C=O) groups excluding carboxylic acids is 2. The first-order valence-corrected chi connectivity index (χ1v) is 14.8. The van der Waals surface area contributed by atoms with Gasteiger partial charge in [0.2, 0.25) is 5.91 Å². The molecule has 4 saturated heterocycles. The third kappa shape index (κ3) is 6.43. The lowest BCUT2D eigenvalue weighted by Gasteiger charge is -2.43. The van der Waals surface area contributed by atoms with Gasteiger partial charge in [0, 0.05) is 46.2 Å². The van der Waals surface area contributed by atoms with Gasteiger partial charge >= 0.3 is 0 Å². The van der Waals surface area contributed by atoms with E-state index in [2.05, 4.69) is 26.2 Å². The molecular formula is C25H44N6O4S. The number of nitrogens with one attached hydrogen (secondary N) is 4. The van der Waals surface area contributed by atoms with Gasteiger partial charge in [-0.05, 0) is 49.7 Å². The summed E-state index contributed by atoms with van der Waals surface area (Å²) in [6.07, 6.45) is 6.27. The molecule has 4 heterocycles. The largest absolute Gasteiger partial charge is 0.379 e. The van der Waals surface area contributed by atoms with Crippen LogP contribution in [0.15, 0.2) is 0 Å². The van der Waals surface area contributed by atoms with Crippen molar-refractivity contribution >= 4 is 23.5 Å². The molecular weight excluding hydrogens is 480 g/mol. The topological polar surface area (TPSA) is 107 Å². The molecule has 0 aromatic heterocycles. The van der Waals surface area contributed by atoms with Crippen LogP contribution >= 0.6 is 11.8 Å². The number of rotatable bonds is 7. The Morgan fingerprint density at radius 3 is 2.69 bits per heavy atom. The van der Waals surface area contributed by atoms with E-state index in [1.54, 1.807) is 19.0 Å². The monoisotopic (exact) mass is 524 g/mol. The van der Waals surface area contributed by atoms with Crippen molar-refractivity contribution in [3.8, 4) is 0 Å². The Kier molecular flexibility index (Phi) is 9.22. The lowest BCUT2D eigenvalue weighted by atomic mass is 9.75. The van der Waals surface area contributed by atoms with Gasteiger partial charge in [0.1, 0.15) is 12.5 Å². The fourth-order valence-electron chi connectivity index (χ4n) is 6.38. The van der Waals surface area contributed by atoms with Crippen LogP contribution < -0.4 is 21.3 Å². The Hall–Kier alpha value is -0.790. The molecule has 10 nitrogen and oxygen atoms in total. The Balaban J connectivity index is 1.08. The number of fused-ring (bicyclic) bond motifs is 1. The summed E-state index contributed by atoms with van der Waals surface area (Å²) in [6.45, 7) is 4.43. The highest BCUT2D eigenvalue weighted by molar-refractivity contribution is 8.01. The summed E-state index contributed by atoms with van der Waals surface area (Å²) in [7, 11) is 3.57. The second-order valence-corrected chi connectivity index (χ2v) is 12.3. The average molecular weight is 525 g/mol. The maximum atomic E-state index is 13.0. The average Bonchev–Trinajstić information content (AvgIpc) is 3.33. The van der Waals surface area contributed by atoms with Crippen molar-refractivity contribution in [2.45, 2.75) is 74.6 Å². The zero-order valence-electron chi connectivity index (χ0n) is 21.7. The third-order valence-corrected chi connectivity index (χ3v) is 10.0. The van der Waals surface area contributed by atoms with E-state index in [0.717, 1.165) is 57.9 Å². The van der Waals surface area contributed by atoms with Crippen LogP contribution in [-0.4, -0.2) is 117 Å². The van der Waals surface area contributed by atoms with Crippen LogP contribution in [-0.2, 0) is 19.1 Å². The molecule has 204 valence electrons. The molecule has 0 spiro atoms. The maximum Gasteiger partial charge on any atom is 0.236 e. The van der Waals surface area contributed by atoms with E-state index in [0.29, 0.717) is 36.6 Å². The molecule has 0 aromatic carbocycles. The van der Waals surface area contributed by atoms with Crippen molar-refractivity contribution in [2.75, 3.05) is 59.2 Å². The molecule has 1 saturated carbocycles. The van der Waals surface area contributed by atoms with Crippen LogP contribution in [0.25, 0.3) is 0 Å². The zero-order valence-corrected chi connectivity index (χ0v) is 22.6. The molecule has 1 amide bonds. The van der Waals surface area contributed by atoms with E-state index in [1.165, 1.54) is 12.8 Å². The number of hydrogen-bond donors (Lipinski definition) is 4. The summed E-state index contributed by atoms with van der Waals surface area (Å²) >= 11 is 1.84. The number of ether oxygens (including phenoxy) is 2. The van der Waals surface area contributed by atoms with Gasteiger partial charge in [-0.15, -0.1) is 11.8 Å². The lowest BCUT2D eigenvalue weighted by Crippen LogP contribution is -2.66. The Bertz CT molecular complexity index is 761. The second-order valence-electron chi connectivity index (χ2n) is 11.1. The van der Waals surface area contributed by atoms with E-state index in [1.807, 2.05) is 11.8 Å². The number of ketones is 1. The van der Waals surface area contributed by atoms with Crippen LogP contribution in [0.3, 0.4) is 0 Å². The first-order valence-electron chi connectivity index (χ1n) is 13.8. The summed E-state index contributed by atoms with van der Waals surface area (Å²) in [4.78, 5) is 28.8. The molecule has 6 atom stereocenters. The maximum absolute atomic E-state index is 13.0. The number of hydrogen-bond acceptors (Lipinski definition) is 10. The second kappa shape index (κ2) is 12.4. The minimum absolute atomic E-state index is 0.0302. The quantitative estimate of drug-likeness (QED) is 0.356. The number of Topliss-reactive ketones (excluding diaryl/α,β-unsaturated/α-hetero) is 1. The third-order valence-electron chi connectivity index (χ3n) is 8.58. The molecule has 1 aliphatic carbocycles. The molecule has 6 unspecified atom stereocenters. The highest BCUT2D eigenvalue weighted by Gasteiger charge is 2.50. The van der Waals surface area contributed by atoms with Gasteiger partial charge in [-0.3, -0.25) is 35.8 Å². The van der Waals surface area contributed by atoms with Crippen molar-refractivity contribution in [1.82, 2.24) is 31.1 Å². The minimum atomic E-state index is -0.0696. The van der Waals surface area contributed by atoms with Crippen molar-refractivity contribution in [1.29, 1.82) is 0 Å². The SMILES string of the molecule is CN(C)C(=O)CNC1CCNC(NC2CCC(C3CSC4C(=O)CC(N5CCOCC5)OC43)CC2)N1. The molecule has 5 aliphatic rings. The Morgan fingerprint density at radius 2 is 1.94 bits per heavy atom. The predicted octanol–water partition coefficient (Wildman–Crippen LogP) is -0.247. The van der Waals surface area contributed by atoms with Crippen LogP contribution in [0, 0.1) is 11.8 Å². The first kappa shape index (κ1) is 26.8. The number of carbonyl (C=O) groups is 2.